The maximum absolute atomic E-state index is 14.1. The van der Waals surface area contributed by atoms with E-state index in [0.29, 0.717) is 24.1 Å². The number of halogens is 3. The topological polar surface area (TPSA) is 196 Å². The second kappa shape index (κ2) is 20.3. The molecule has 56 heavy (non-hydrogen) atoms. The largest absolute Gasteiger partial charge is 0.480 e. The number of benzene rings is 3. The number of alkyl halides is 3. The lowest BCUT2D eigenvalue weighted by molar-refractivity contribution is -0.142. The molecule has 0 fully saturated rings. The van der Waals surface area contributed by atoms with Crippen LogP contribution in [0.15, 0.2) is 102 Å². The minimum atomic E-state index is -4.62. The van der Waals surface area contributed by atoms with Gasteiger partial charge >= 0.3 is 12.1 Å². The van der Waals surface area contributed by atoms with Crippen LogP contribution >= 0.6 is 0 Å². The fourth-order valence-corrected chi connectivity index (χ4v) is 5.69. The Labute approximate surface area is 320 Å². The Morgan fingerprint density at radius 1 is 0.679 bits per heavy atom. The van der Waals surface area contributed by atoms with Crippen molar-refractivity contribution in [3.63, 3.8) is 0 Å². The van der Waals surface area contributed by atoms with Crippen molar-refractivity contribution in [2.45, 2.75) is 75.8 Å². The average Bonchev–Trinajstić information content (AvgIpc) is 3.69. The highest BCUT2D eigenvalue weighted by molar-refractivity contribution is 5.95. The van der Waals surface area contributed by atoms with Gasteiger partial charge in [-0.05, 0) is 65.9 Å². The van der Waals surface area contributed by atoms with Crippen LogP contribution < -0.4 is 26.6 Å². The molecular weight excluding hydrogens is 735 g/mol. The summed E-state index contributed by atoms with van der Waals surface area (Å²) in [6.07, 6.45) is -2.93. The predicted octanol–water partition coefficient (Wildman–Crippen LogP) is 3.96. The van der Waals surface area contributed by atoms with Crippen molar-refractivity contribution in [1.82, 2.24) is 21.3 Å². The molecule has 0 aliphatic carbocycles. The number of hydrogen-bond acceptors (Lipinski definition) is 7. The molecule has 0 saturated heterocycles. The van der Waals surface area contributed by atoms with Crippen LogP contribution in [0.5, 0.6) is 0 Å². The lowest BCUT2D eigenvalue weighted by atomic mass is 10.0. The van der Waals surface area contributed by atoms with Gasteiger partial charge in [-0.3, -0.25) is 24.0 Å². The van der Waals surface area contributed by atoms with Crippen molar-refractivity contribution in [3.8, 4) is 0 Å². The van der Waals surface area contributed by atoms with Gasteiger partial charge in [-0.15, -0.1) is 0 Å². The van der Waals surface area contributed by atoms with Crippen LogP contribution in [0.25, 0.3) is 0 Å². The van der Waals surface area contributed by atoms with E-state index in [0.717, 1.165) is 29.8 Å². The van der Waals surface area contributed by atoms with Crippen LogP contribution in [0.4, 0.5) is 18.9 Å². The maximum Gasteiger partial charge on any atom is 0.416 e. The number of furan rings is 1. The van der Waals surface area contributed by atoms with Gasteiger partial charge in [0.25, 0.3) is 0 Å². The maximum atomic E-state index is 14.1. The third-order valence-electron chi connectivity index (χ3n) is 8.74. The molecular formula is C40H42F3N5O8. The Morgan fingerprint density at radius 3 is 1.77 bits per heavy atom. The number of nitrogens with one attached hydrogen (secondary N) is 5. The lowest BCUT2D eigenvalue weighted by Crippen LogP contribution is -2.59. The number of hydrogen-bond donors (Lipinski definition) is 6. The Morgan fingerprint density at radius 2 is 1.23 bits per heavy atom. The Balaban J connectivity index is 1.60. The zero-order chi connectivity index (χ0) is 40.7. The molecule has 0 unspecified atom stereocenters. The highest BCUT2D eigenvalue weighted by Gasteiger charge is 2.33. The SMILES string of the molecule is CCC(=O)N[C@H](CCc1ccccc1)C(=O)N[C@@H](Cc1ccc(C(F)(F)F)cc1)C(=O)N[C@@H](Cc1ccco1)C(=O)N[C@@H](Cc1ccc(NC=O)cc1)C(=O)O. The highest BCUT2D eigenvalue weighted by Crippen LogP contribution is 2.29. The molecule has 6 N–H and O–H groups in total. The first-order valence-corrected chi connectivity index (χ1v) is 17.7. The van der Waals surface area contributed by atoms with Crippen molar-refractivity contribution >= 4 is 41.7 Å². The summed E-state index contributed by atoms with van der Waals surface area (Å²) in [7, 11) is 0. The first kappa shape index (κ1) is 42.3. The first-order chi connectivity index (χ1) is 26.7. The van der Waals surface area contributed by atoms with Crippen LogP contribution in [0.2, 0.25) is 0 Å². The summed E-state index contributed by atoms with van der Waals surface area (Å²) in [6.45, 7) is 1.60. The summed E-state index contributed by atoms with van der Waals surface area (Å²) < 4.78 is 45.4. The van der Waals surface area contributed by atoms with E-state index in [1.165, 1.54) is 12.3 Å². The second-order valence-electron chi connectivity index (χ2n) is 12.9. The van der Waals surface area contributed by atoms with E-state index >= 15 is 0 Å². The van der Waals surface area contributed by atoms with Gasteiger partial charge in [0.15, 0.2) is 0 Å². The number of aliphatic carboxylic acids is 1. The van der Waals surface area contributed by atoms with E-state index in [-0.39, 0.29) is 43.4 Å². The summed E-state index contributed by atoms with van der Waals surface area (Å²) in [5.41, 5.74) is 1.18. The van der Waals surface area contributed by atoms with Crippen molar-refractivity contribution in [2.75, 3.05) is 5.32 Å². The summed E-state index contributed by atoms with van der Waals surface area (Å²) in [4.78, 5) is 77.1. The van der Waals surface area contributed by atoms with Crippen molar-refractivity contribution in [1.29, 1.82) is 0 Å². The molecule has 1 heterocycles. The monoisotopic (exact) mass is 777 g/mol. The zero-order valence-corrected chi connectivity index (χ0v) is 30.3. The van der Waals surface area contributed by atoms with Crippen molar-refractivity contribution < 1.29 is 51.5 Å². The van der Waals surface area contributed by atoms with E-state index < -0.39 is 65.5 Å². The van der Waals surface area contributed by atoms with Crippen LogP contribution in [-0.2, 0) is 60.6 Å². The van der Waals surface area contributed by atoms with Gasteiger partial charge < -0.3 is 36.1 Å². The molecule has 4 atom stereocenters. The number of anilines is 1. The number of rotatable bonds is 20. The molecule has 4 rings (SSSR count). The van der Waals surface area contributed by atoms with E-state index in [1.807, 2.05) is 30.3 Å². The molecule has 5 amide bonds. The minimum absolute atomic E-state index is 0.0637. The molecule has 4 aromatic rings. The van der Waals surface area contributed by atoms with Gasteiger partial charge in [-0.25, -0.2) is 4.79 Å². The molecule has 0 bridgehead atoms. The van der Waals surface area contributed by atoms with Gasteiger partial charge in [0.05, 0.1) is 11.8 Å². The average molecular weight is 778 g/mol. The van der Waals surface area contributed by atoms with Gasteiger partial charge in [-0.1, -0.05) is 61.5 Å². The quantitative estimate of drug-likeness (QED) is 0.0726. The van der Waals surface area contributed by atoms with Crippen molar-refractivity contribution in [3.05, 3.63) is 125 Å². The van der Waals surface area contributed by atoms with Gasteiger partial charge in [-0.2, -0.15) is 13.2 Å². The van der Waals surface area contributed by atoms with Gasteiger partial charge in [0.2, 0.25) is 30.0 Å². The fraction of sp³-hybridized carbons (Fsp3) is 0.300. The Bertz CT molecular complexity index is 1920. The van der Waals surface area contributed by atoms with E-state index in [9.17, 15) is 47.0 Å². The lowest BCUT2D eigenvalue weighted by Gasteiger charge is -2.26. The minimum Gasteiger partial charge on any atom is -0.480 e. The number of carboxylic acid groups (broad SMARTS) is 1. The molecule has 296 valence electrons. The molecule has 16 heteroatoms. The number of carboxylic acids is 1. The summed E-state index contributed by atoms with van der Waals surface area (Å²) in [5.74, 6) is -4.13. The van der Waals surface area contributed by atoms with Crippen LogP contribution in [-0.4, -0.2) is 65.3 Å². The summed E-state index contributed by atoms with van der Waals surface area (Å²) in [5, 5.41) is 22.7. The normalized spacial score (nSPS) is 13.3. The molecule has 0 radical (unpaired) electrons. The number of carbonyl (C=O) groups excluding carboxylic acids is 5. The molecule has 13 nitrogen and oxygen atoms in total. The van der Waals surface area contributed by atoms with Gasteiger partial charge in [0, 0.05) is 31.4 Å². The van der Waals surface area contributed by atoms with E-state index in [2.05, 4.69) is 26.6 Å². The van der Waals surface area contributed by atoms with Crippen LogP contribution in [0.3, 0.4) is 0 Å². The third-order valence-corrected chi connectivity index (χ3v) is 8.74. The zero-order valence-electron chi connectivity index (χ0n) is 30.3. The van der Waals surface area contributed by atoms with Crippen LogP contribution in [0.1, 0.15) is 47.8 Å². The molecule has 0 aliphatic heterocycles. The third kappa shape index (κ3) is 13.1. The summed E-state index contributed by atoms with van der Waals surface area (Å²) in [6, 6.07) is 17.0. The summed E-state index contributed by atoms with van der Waals surface area (Å²) >= 11 is 0. The van der Waals surface area contributed by atoms with Crippen molar-refractivity contribution in [2.24, 2.45) is 0 Å². The fourth-order valence-electron chi connectivity index (χ4n) is 5.69. The number of carbonyl (C=O) groups is 6. The number of amides is 5. The molecule has 1 aromatic heterocycles. The Hall–Kier alpha value is -6.45. The van der Waals surface area contributed by atoms with E-state index in [4.69, 9.17) is 4.42 Å². The Kier molecular flexibility index (Phi) is 15.3. The van der Waals surface area contributed by atoms with Gasteiger partial charge in [0.1, 0.15) is 29.9 Å². The standard InChI is InChI=1S/C40H42F3N5O8/c1-2-35(50)45-31(19-14-25-7-4-3-5-8-25)36(51)46-32(21-26-10-15-28(16-11-26)40(41,42)43)37(52)47-33(23-30-9-6-20-56-30)38(53)48-34(39(54)55)22-27-12-17-29(18-13-27)44-24-49/h3-13,15-18,20,24,31-34H,2,14,19,21-23H2,1H3,(H,44,49)(H,45,50)(H,46,51)(H,47,52)(H,48,53)(H,54,55)/t31-,32+,33+,34+/m1/s1. The highest BCUT2D eigenvalue weighted by atomic mass is 19.4. The van der Waals surface area contributed by atoms with Crippen LogP contribution in [0, 0.1) is 0 Å². The smallest absolute Gasteiger partial charge is 0.416 e. The molecule has 0 spiro atoms. The predicted molar refractivity (Wildman–Crippen MR) is 198 cm³/mol. The number of aryl methyl sites for hydroxylation is 1. The second-order valence-corrected chi connectivity index (χ2v) is 12.9. The molecule has 0 aliphatic rings. The van der Waals surface area contributed by atoms with E-state index in [1.54, 1.807) is 37.3 Å². The molecule has 3 aromatic carbocycles. The molecule has 0 saturated carbocycles. The first-order valence-electron chi connectivity index (χ1n) is 17.7.